The molecule has 18 heavy (non-hydrogen) atoms. The molecule has 1 saturated carbocycles. The highest BCUT2D eigenvalue weighted by atomic mass is 15.2. The van der Waals surface area contributed by atoms with E-state index in [1.807, 2.05) is 0 Å². The van der Waals surface area contributed by atoms with E-state index in [0.717, 1.165) is 23.9 Å². The highest BCUT2D eigenvalue weighted by Gasteiger charge is 2.38. The fourth-order valence-corrected chi connectivity index (χ4v) is 4.03. The van der Waals surface area contributed by atoms with Gasteiger partial charge in [-0.05, 0) is 56.7 Å². The van der Waals surface area contributed by atoms with Crippen LogP contribution in [-0.2, 0) is 0 Å². The summed E-state index contributed by atoms with van der Waals surface area (Å²) in [5.41, 5.74) is 0.760. The molecular formula is C16H32N2. The number of nitrogens with one attached hydrogen (secondary N) is 1. The first kappa shape index (κ1) is 14.3. The van der Waals surface area contributed by atoms with Gasteiger partial charge in [-0.2, -0.15) is 0 Å². The second-order valence-corrected chi connectivity index (χ2v) is 6.86. The molecule has 1 unspecified atom stereocenters. The summed E-state index contributed by atoms with van der Waals surface area (Å²) in [4.78, 5) is 2.76. The van der Waals surface area contributed by atoms with Gasteiger partial charge in [-0.1, -0.05) is 33.6 Å². The van der Waals surface area contributed by atoms with E-state index in [1.54, 1.807) is 0 Å². The molecule has 1 saturated heterocycles. The lowest BCUT2D eigenvalue weighted by atomic mass is 9.76. The predicted molar refractivity (Wildman–Crippen MR) is 78.9 cm³/mol. The summed E-state index contributed by atoms with van der Waals surface area (Å²) in [5, 5.41) is 3.55. The van der Waals surface area contributed by atoms with Gasteiger partial charge < -0.3 is 5.32 Å². The van der Waals surface area contributed by atoms with Gasteiger partial charge in [0.2, 0.25) is 0 Å². The van der Waals surface area contributed by atoms with E-state index in [9.17, 15) is 0 Å². The molecule has 0 aromatic heterocycles. The molecule has 0 aromatic carbocycles. The maximum atomic E-state index is 3.55. The van der Waals surface area contributed by atoms with Crippen LogP contribution in [-0.4, -0.2) is 37.1 Å². The fraction of sp³-hybridized carbons (Fsp3) is 1.00. The molecule has 1 heterocycles. The molecule has 1 N–H and O–H groups in total. The Morgan fingerprint density at radius 3 is 2.17 bits per heavy atom. The Morgan fingerprint density at radius 2 is 1.67 bits per heavy atom. The molecule has 2 heteroatoms. The Labute approximate surface area is 114 Å². The third-order valence-corrected chi connectivity index (χ3v) is 5.36. The Hall–Kier alpha value is -0.0800. The zero-order valence-corrected chi connectivity index (χ0v) is 12.7. The standard InChI is InChI=1S/C16H32N2/c1-4-17-13-15(14(2)3)18-11-9-16(10-12-18)7-5-6-8-16/h14-15,17H,4-13H2,1-3H3. The molecule has 1 atom stereocenters. The van der Waals surface area contributed by atoms with Gasteiger partial charge in [0.15, 0.2) is 0 Å². The van der Waals surface area contributed by atoms with E-state index in [4.69, 9.17) is 0 Å². The minimum Gasteiger partial charge on any atom is -0.315 e. The topological polar surface area (TPSA) is 15.3 Å². The zero-order chi connectivity index (χ0) is 13.0. The molecule has 1 aliphatic carbocycles. The van der Waals surface area contributed by atoms with Crippen LogP contribution in [0.25, 0.3) is 0 Å². The maximum Gasteiger partial charge on any atom is 0.0243 e. The summed E-state index contributed by atoms with van der Waals surface area (Å²) < 4.78 is 0. The van der Waals surface area contributed by atoms with Crippen LogP contribution in [0, 0.1) is 11.3 Å². The first-order valence-electron chi connectivity index (χ1n) is 8.12. The smallest absolute Gasteiger partial charge is 0.0243 e. The van der Waals surface area contributed by atoms with Crippen LogP contribution in [0.1, 0.15) is 59.3 Å². The third-order valence-electron chi connectivity index (χ3n) is 5.36. The number of rotatable bonds is 5. The van der Waals surface area contributed by atoms with Gasteiger partial charge in [-0.25, -0.2) is 0 Å². The Morgan fingerprint density at radius 1 is 1.06 bits per heavy atom. The van der Waals surface area contributed by atoms with Gasteiger partial charge in [0, 0.05) is 12.6 Å². The average molecular weight is 252 g/mol. The molecular weight excluding hydrogens is 220 g/mol. The first-order chi connectivity index (χ1) is 8.67. The molecule has 2 nitrogen and oxygen atoms in total. The summed E-state index contributed by atoms with van der Waals surface area (Å²) in [7, 11) is 0. The van der Waals surface area contributed by atoms with Crippen LogP contribution in [0.3, 0.4) is 0 Å². The minimum atomic E-state index is 0.740. The van der Waals surface area contributed by atoms with Crippen LogP contribution in [0.2, 0.25) is 0 Å². The van der Waals surface area contributed by atoms with Crippen molar-refractivity contribution in [1.82, 2.24) is 10.2 Å². The SMILES string of the molecule is CCNCC(C(C)C)N1CCC2(CCCC2)CC1. The highest BCUT2D eigenvalue weighted by molar-refractivity contribution is 4.92. The van der Waals surface area contributed by atoms with E-state index in [1.165, 1.54) is 58.2 Å². The Bertz CT molecular complexity index is 233. The van der Waals surface area contributed by atoms with E-state index in [0.29, 0.717) is 0 Å². The van der Waals surface area contributed by atoms with Crippen molar-refractivity contribution in [3.05, 3.63) is 0 Å². The number of likely N-dealkylation sites (tertiary alicyclic amines) is 1. The molecule has 2 aliphatic rings. The monoisotopic (exact) mass is 252 g/mol. The molecule has 0 aromatic rings. The second kappa shape index (κ2) is 6.38. The third kappa shape index (κ3) is 3.27. The highest BCUT2D eigenvalue weighted by Crippen LogP contribution is 2.46. The van der Waals surface area contributed by atoms with Crippen molar-refractivity contribution in [1.29, 1.82) is 0 Å². The van der Waals surface area contributed by atoms with Gasteiger partial charge in [0.25, 0.3) is 0 Å². The van der Waals surface area contributed by atoms with Crippen LogP contribution >= 0.6 is 0 Å². The summed E-state index contributed by atoms with van der Waals surface area (Å²) in [6.45, 7) is 11.9. The summed E-state index contributed by atoms with van der Waals surface area (Å²) >= 11 is 0. The van der Waals surface area contributed by atoms with Gasteiger partial charge in [0.1, 0.15) is 0 Å². The van der Waals surface area contributed by atoms with Gasteiger partial charge in [0.05, 0.1) is 0 Å². The van der Waals surface area contributed by atoms with Crippen molar-refractivity contribution in [3.63, 3.8) is 0 Å². The van der Waals surface area contributed by atoms with Crippen molar-refractivity contribution in [2.24, 2.45) is 11.3 Å². The Balaban J connectivity index is 1.86. The Kier molecular flexibility index (Phi) is 5.08. The molecule has 0 amide bonds. The zero-order valence-electron chi connectivity index (χ0n) is 12.7. The quantitative estimate of drug-likeness (QED) is 0.808. The van der Waals surface area contributed by atoms with Crippen molar-refractivity contribution >= 4 is 0 Å². The van der Waals surface area contributed by atoms with Gasteiger partial charge >= 0.3 is 0 Å². The minimum absolute atomic E-state index is 0.740. The number of likely N-dealkylation sites (N-methyl/N-ethyl adjacent to an activating group) is 1. The average Bonchev–Trinajstić information content (AvgIpc) is 2.80. The van der Waals surface area contributed by atoms with Crippen LogP contribution in [0.15, 0.2) is 0 Å². The molecule has 2 rings (SSSR count). The second-order valence-electron chi connectivity index (χ2n) is 6.86. The molecule has 106 valence electrons. The van der Waals surface area contributed by atoms with Crippen LogP contribution < -0.4 is 5.32 Å². The lowest BCUT2D eigenvalue weighted by molar-refractivity contribution is 0.0587. The lowest BCUT2D eigenvalue weighted by Crippen LogP contribution is -2.50. The number of piperidine rings is 1. The summed E-state index contributed by atoms with van der Waals surface area (Å²) in [5.74, 6) is 0.765. The predicted octanol–water partition coefficient (Wildman–Crippen LogP) is 3.28. The van der Waals surface area contributed by atoms with E-state index in [-0.39, 0.29) is 0 Å². The summed E-state index contributed by atoms with van der Waals surface area (Å²) in [6, 6.07) is 0.740. The first-order valence-corrected chi connectivity index (χ1v) is 8.12. The number of hydrogen-bond donors (Lipinski definition) is 1. The van der Waals surface area contributed by atoms with Crippen molar-refractivity contribution < 1.29 is 0 Å². The molecule has 0 radical (unpaired) electrons. The van der Waals surface area contributed by atoms with E-state index >= 15 is 0 Å². The van der Waals surface area contributed by atoms with Crippen LogP contribution in [0.4, 0.5) is 0 Å². The van der Waals surface area contributed by atoms with Crippen molar-refractivity contribution in [2.75, 3.05) is 26.2 Å². The fourth-order valence-electron chi connectivity index (χ4n) is 4.03. The number of nitrogens with zero attached hydrogens (tertiary/aromatic N) is 1. The van der Waals surface area contributed by atoms with E-state index in [2.05, 4.69) is 31.0 Å². The lowest BCUT2D eigenvalue weighted by Gasteiger charge is -2.44. The molecule has 1 aliphatic heterocycles. The molecule has 2 fully saturated rings. The van der Waals surface area contributed by atoms with Crippen LogP contribution in [0.5, 0.6) is 0 Å². The van der Waals surface area contributed by atoms with E-state index < -0.39 is 0 Å². The molecule has 1 spiro atoms. The van der Waals surface area contributed by atoms with Crippen molar-refractivity contribution in [2.45, 2.75) is 65.3 Å². The van der Waals surface area contributed by atoms with Gasteiger partial charge in [-0.3, -0.25) is 4.90 Å². The van der Waals surface area contributed by atoms with Gasteiger partial charge in [-0.15, -0.1) is 0 Å². The van der Waals surface area contributed by atoms with Crippen molar-refractivity contribution in [3.8, 4) is 0 Å². The summed E-state index contributed by atoms with van der Waals surface area (Å²) in [6.07, 6.45) is 8.93. The molecule has 0 bridgehead atoms. The maximum absolute atomic E-state index is 3.55. The largest absolute Gasteiger partial charge is 0.315 e. The normalized spacial score (nSPS) is 26.0. The number of hydrogen-bond acceptors (Lipinski definition) is 2.